The van der Waals surface area contributed by atoms with Crippen LogP contribution in [0.3, 0.4) is 0 Å². The van der Waals surface area contributed by atoms with Crippen LogP contribution in [0.1, 0.15) is 23.6 Å². The zero-order chi connectivity index (χ0) is 11.5. The molecule has 0 saturated heterocycles. The fraction of sp³-hybridized carbons (Fsp3) is 0.429. The molecule has 0 spiro atoms. The molecule has 0 fully saturated rings. The van der Waals surface area contributed by atoms with Gasteiger partial charge in [0.2, 0.25) is 0 Å². The summed E-state index contributed by atoms with van der Waals surface area (Å²) >= 11 is 0. The molecule has 2 rings (SSSR count). The van der Waals surface area contributed by atoms with E-state index in [1.807, 2.05) is 30.1 Å². The molecule has 0 aliphatic heterocycles. The smallest absolute Gasteiger partial charge is 0.120 e. The minimum atomic E-state index is -0.812. The lowest BCUT2D eigenvalue weighted by atomic mass is 9.85. The summed E-state index contributed by atoms with van der Waals surface area (Å²) in [5.41, 5.74) is 2.35. The number of alkyl halides is 1. The minimum absolute atomic E-state index is 0.180. The molecule has 1 aromatic rings. The Labute approximate surface area is 96.3 Å². The quantitative estimate of drug-likeness (QED) is 0.688. The van der Waals surface area contributed by atoms with Crippen LogP contribution in [0.15, 0.2) is 24.3 Å². The van der Waals surface area contributed by atoms with Crippen molar-refractivity contribution in [1.29, 1.82) is 0 Å². The molecule has 0 saturated carbocycles. The van der Waals surface area contributed by atoms with Gasteiger partial charge in [0.15, 0.2) is 0 Å². The lowest BCUT2D eigenvalue weighted by Gasteiger charge is -2.34. The molecular formula is C14H16FN. The average Bonchev–Trinajstić information content (AvgIpc) is 2.29. The lowest BCUT2D eigenvalue weighted by Crippen LogP contribution is -2.35. The maximum Gasteiger partial charge on any atom is 0.120 e. The molecule has 0 amide bonds. The van der Waals surface area contributed by atoms with Crippen molar-refractivity contribution in [2.45, 2.75) is 25.1 Å². The van der Waals surface area contributed by atoms with E-state index in [0.717, 1.165) is 12.0 Å². The summed E-state index contributed by atoms with van der Waals surface area (Å²) in [6, 6.07) is 7.89. The van der Waals surface area contributed by atoms with Crippen molar-refractivity contribution in [2.24, 2.45) is 0 Å². The Morgan fingerprint density at radius 1 is 1.50 bits per heavy atom. The standard InChI is InChI=1S/C14H16FN/c1-3-10-16(2)14-12-7-5-4-6-11(12)8-9-13(14)15/h1,4-7,13-14H,8-10H2,2H3. The van der Waals surface area contributed by atoms with Crippen LogP contribution in [-0.4, -0.2) is 24.7 Å². The Hall–Kier alpha value is -1.33. The fourth-order valence-corrected chi connectivity index (χ4v) is 2.45. The molecule has 0 N–H and O–H groups in total. The molecule has 1 aliphatic rings. The molecule has 2 heteroatoms. The Bertz CT molecular complexity index is 407. The van der Waals surface area contributed by atoms with Gasteiger partial charge in [-0.25, -0.2) is 4.39 Å². The van der Waals surface area contributed by atoms with Gasteiger partial charge >= 0.3 is 0 Å². The van der Waals surface area contributed by atoms with E-state index in [-0.39, 0.29) is 6.04 Å². The van der Waals surface area contributed by atoms with Gasteiger partial charge in [0.1, 0.15) is 6.17 Å². The third-order valence-electron chi connectivity index (χ3n) is 3.22. The Balaban J connectivity index is 2.33. The molecule has 0 bridgehead atoms. The van der Waals surface area contributed by atoms with Crippen LogP contribution in [-0.2, 0) is 6.42 Å². The number of hydrogen-bond donors (Lipinski definition) is 0. The van der Waals surface area contributed by atoms with Crippen molar-refractivity contribution in [2.75, 3.05) is 13.6 Å². The second-order valence-electron chi connectivity index (χ2n) is 4.32. The zero-order valence-corrected chi connectivity index (χ0v) is 9.49. The van der Waals surface area contributed by atoms with Crippen molar-refractivity contribution in [1.82, 2.24) is 4.90 Å². The van der Waals surface area contributed by atoms with E-state index in [9.17, 15) is 4.39 Å². The third-order valence-corrected chi connectivity index (χ3v) is 3.22. The van der Waals surface area contributed by atoms with Gasteiger partial charge in [0.05, 0.1) is 12.6 Å². The van der Waals surface area contributed by atoms with Crippen molar-refractivity contribution in [3.8, 4) is 12.3 Å². The Morgan fingerprint density at radius 2 is 2.25 bits per heavy atom. The first-order valence-electron chi connectivity index (χ1n) is 5.59. The van der Waals surface area contributed by atoms with Crippen LogP contribution in [0.5, 0.6) is 0 Å². The predicted molar refractivity (Wildman–Crippen MR) is 63.9 cm³/mol. The molecular weight excluding hydrogens is 201 g/mol. The van der Waals surface area contributed by atoms with Crippen molar-refractivity contribution in [3.63, 3.8) is 0 Å². The van der Waals surface area contributed by atoms with Gasteiger partial charge in [0.25, 0.3) is 0 Å². The highest BCUT2D eigenvalue weighted by atomic mass is 19.1. The second-order valence-corrected chi connectivity index (χ2v) is 4.32. The minimum Gasteiger partial charge on any atom is -0.285 e. The van der Waals surface area contributed by atoms with Crippen LogP contribution < -0.4 is 0 Å². The highest BCUT2D eigenvalue weighted by molar-refractivity contribution is 5.33. The highest BCUT2D eigenvalue weighted by Crippen LogP contribution is 2.35. The molecule has 16 heavy (non-hydrogen) atoms. The largest absolute Gasteiger partial charge is 0.285 e. The van der Waals surface area contributed by atoms with E-state index in [1.54, 1.807) is 0 Å². The number of hydrogen-bond acceptors (Lipinski definition) is 1. The van der Waals surface area contributed by atoms with Crippen molar-refractivity contribution in [3.05, 3.63) is 35.4 Å². The number of aryl methyl sites for hydroxylation is 1. The topological polar surface area (TPSA) is 3.24 Å². The molecule has 0 radical (unpaired) electrons. The monoisotopic (exact) mass is 217 g/mol. The first kappa shape index (κ1) is 11.2. The van der Waals surface area contributed by atoms with Crippen LogP contribution in [0, 0.1) is 12.3 Å². The van der Waals surface area contributed by atoms with E-state index in [4.69, 9.17) is 6.42 Å². The number of nitrogens with zero attached hydrogens (tertiary/aromatic N) is 1. The van der Waals surface area contributed by atoms with Gasteiger partial charge in [-0.15, -0.1) is 6.42 Å². The van der Waals surface area contributed by atoms with Gasteiger partial charge in [-0.3, -0.25) is 4.90 Å². The van der Waals surface area contributed by atoms with E-state index in [2.05, 4.69) is 12.0 Å². The van der Waals surface area contributed by atoms with Crippen LogP contribution in [0.4, 0.5) is 4.39 Å². The number of benzene rings is 1. The zero-order valence-electron chi connectivity index (χ0n) is 9.49. The first-order valence-corrected chi connectivity index (χ1v) is 5.59. The average molecular weight is 217 g/mol. The summed E-state index contributed by atoms with van der Waals surface area (Å²) in [4.78, 5) is 1.92. The molecule has 0 aromatic heterocycles. The molecule has 1 aliphatic carbocycles. The fourth-order valence-electron chi connectivity index (χ4n) is 2.45. The maximum absolute atomic E-state index is 14.0. The summed E-state index contributed by atoms with van der Waals surface area (Å²) in [6.07, 6.45) is 5.90. The van der Waals surface area contributed by atoms with Gasteiger partial charge in [-0.05, 0) is 31.0 Å². The lowest BCUT2D eigenvalue weighted by molar-refractivity contribution is 0.131. The van der Waals surface area contributed by atoms with Crippen molar-refractivity contribution >= 4 is 0 Å². The third kappa shape index (κ3) is 1.96. The van der Waals surface area contributed by atoms with E-state index < -0.39 is 6.17 Å². The Kier molecular flexibility index (Phi) is 3.26. The van der Waals surface area contributed by atoms with Gasteiger partial charge in [0, 0.05) is 0 Å². The summed E-state index contributed by atoms with van der Waals surface area (Å²) < 4.78 is 14.0. The first-order chi connectivity index (χ1) is 7.74. The summed E-state index contributed by atoms with van der Waals surface area (Å²) in [5, 5.41) is 0. The maximum atomic E-state index is 14.0. The predicted octanol–water partition coefficient (Wildman–Crippen LogP) is 2.58. The van der Waals surface area contributed by atoms with Crippen LogP contribution in [0.2, 0.25) is 0 Å². The molecule has 1 aromatic carbocycles. The van der Waals surface area contributed by atoms with E-state index >= 15 is 0 Å². The summed E-state index contributed by atoms with van der Waals surface area (Å²) in [7, 11) is 1.89. The van der Waals surface area contributed by atoms with Gasteiger partial charge in [-0.1, -0.05) is 30.2 Å². The number of halogens is 1. The molecule has 84 valence electrons. The highest BCUT2D eigenvalue weighted by Gasteiger charge is 2.31. The van der Waals surface area contributed by atoms with Gasteiger partial charge < -0.3 is 0 Å². The number of terminal acetylenes is 1. The molecule has 0 heterocycles. The Morgan fingerprint density at radius 3 is 3.00 bits per heavy atom. The molecule has 2 unspecified atom stereocenters. The van der Waals surface area contributed by atoms with E-state index in [0.29, 0.717) is 13.0 Å². The van der Waals surface area contributed by atoms with E-state index in [1.165, 1.54) is 5.56 Å². The second kappa shape index (κ2) is 4.67. The molecule has 2 atom stereocenters. The summed E-state index contributed by atoms with van der Waals surface area (Å²) in [5.74, 6) is 2.58. The summed E-state index contributed by atoms with van der Waals surface area (Å²) in [6.45, 7) is 0.486. The number of fused-ring (bicyclic) bond motifs is 1. The van der Waals surface area contributed by atoms with Crippen LogP contribution in [0.25, 0.3) is 0 Å². The number of rotatable bonds is 2. The van der Waals surface area contributed by atoms with Crippen LogP contribution >= 0.6 is 0 Å². The normalized spacial score (nSPS) is 23.9. The van der Waals surface area contributed by atoms with Crippen molar-refractivity contribution < 1.29 is 4.39 Å². The SMILES string of the molecule is C#CCN(C)C1c2ccccc2CCC1F. The molecule has 1 nitrogen and oxygen atoms in total. The van der Waals surface area contributed by atoms with Gasteiger partial charge in [-0.2, -0.15) is 0 Å².